The Morgan fingerprint density at radius 1 is 1.12 bits per heavy atom. The number of amidine groups is 1. The van der Waals surface area contributed by atoms with Crippen molar-refractivity contribution in [2.45, 2.75) is 26.7 Å². The molecule has 0 radical (unpaired) electrons. The number of anilines is 1. The maximum absolute atomic E-state index is 8.13. The van der Waals surface area contributed by atoms with Gasteiger partial charge in [0.1, 0.15) is 0 Å². The zero-order valence-electron chi connectivity index (χ0n) is 20.5. The van der Waals surface area contributed by atoms with E-state index in [1.54, 1.807) is 6.08 Å². The Morgan fingerprint density at radius 3 is 2.50 bits per heavy atom. The molecule has 0 aliphatic rings. The summed E-state index contributed by atoms with van der Waals surface area (Å²) in [5.74, 6) is 5.19. The van der Waals surface area contributed by atoms with E-state index in [-0.39, 0.29) is 5.84 Å². The van der Waals surface area contributed by atoms with Gasteiger partial charge in [0.2, 0.25) is 0 Å². The van der Waals surface area contributed by atoms with E-state index in [2.05, 4.69) is 66.7 Å². The van der Waals surface area contributed by atoms with Crippen molar-refractivity contribution in [2.75, 3.05) is 18.5 Å². The van der Waals surface area contributed by atoms with Gasteiger partial charge in [-0.15, -0.1) is 5.11 Å². The van der Waals surface area contributed by atoms with E-state index in [1.807, 2.05) is 55.5 Å². The van der Waals surface area contributed by atoms with Gasteiger partial charge in [-0.1, -0.05) is 90.2 Å². The van der Waals surface area contributed by atoms with E-state index in [1.165, 1.54) is 11.1 Å². The molecule has 0 fully saturated rings. The Hall–Kier alpha value is -3.99. The van der Waals surface area contributed by atoms with Gasteiger partial charge in [-0.25, -0.2) is 0 Å². The largest absolute Gasteiger partial charge is 0.370 e. The fourth-order valence-corrected chi connectivity index (χ4v) is 3.65. The van der Waals surface area contributed by atoms with Gasteiger partial charge in [-0.3, -0.25) is 5.41 Å². The predicted molar refractivity (Wildman–Crippen MR) is 146 cm³/mol. The molecule has 5 heteroatoms. The van der Waals surface area contributed by atoms with Gasteiger partial charge in [0, 0.05) is 30.4 Å². The lowest BCUT2D eigenvalue weighted by Gasteiger charge is -2.25. The highest BCUT2D eigenvalue weighted by Gasteiger charge is 2.14. The van der Waals surface area contributed by atoms with Gasteiger partial charge < -0.3 is 10.7 Å². The number of benzene rings is 2. The molecule has 0 saturated carbocycles. The van der Waals surface area contributed by atoms with E-state index in [0.29, 0.717) is 5.56 Å². The first kappa shape index (κ1) is 26.3. The van der Waals surface area contributed by atoms with Crippen LogP contribution in [0.5, 0.6) is 0 Å². The summed E-state index contributed by atoms with van der Waals surface area (Å²) in [4.78, 5) is 2.24. The van der Waals surface area contributed by atoms with Crippen molar-refractivity contribution in [3.05, 3.63) is 114 Å². The third-order valence-corrected chi connectivity index (χ3v) is 5.54. The van der Waals surface area contributed by atoms with Crippen LogP contribution in [0.15, 0.2) is 119 Å². The number of nitrogens with one attached hydrogen (secondary N) is 1. The first-order valence-electron chi connectivity index (χ1n) is 11.3. The summed E-state index contributed by atoms with van der Waals surface area (Å²) in [6.45, 7) is 12.8. The van der Waals surface area contributed by atoms with Crippen LogP contribution >= 0.6 is 0 Å². The minimum Gasteiger partial charge on any atom is -0.370 e. The minimum absolute atomic E-state index is 0.0324. The van der Waals surface area contributed by atoms with E-state index in [9.17, 15) is 0 Å². The van der Waals surface area contributed by atoms with Crippen LogP contribution in [0.3, 0.4) is 0 Å². The second kappa shape index (κ2) is 13.5. The average Bonchev–Trinajstić information content (AvgIpc) is 2.85. The Kier molecular flexibility index (Phi) is 10.5. The second-order valence-corrected chi connectivity index (χ2v) is 8.08. The van der Waals surface area contributed by atoms with Crippen LogP contribution in [0.25, 0.3) is 11.1 Å². The van der Waals surface area contributed by atoms with Crippen LogP contribution in [0, 0.1) is 5.41 Å². The molecule has 0 unspecified atom stereocenters. The lowest BCUT2D eigenvalue weighted by molar-refractivity contribution is 0.907. The van der Waals surface area contributed by atoms with Crippen LogP contribution in [0.4, 0.5) is 5.69 Å². The summed E-state index contributed by atoms with van der Waals surface area (Å²) in [6.07, 6.45) is 11.8. The lowest BCUT2D eigenvalue weighted by Crippen LogP contribution is -2.21. The molecule has 2 aromatic carbocycles. The number of hydrogen-bond donors (Lipinski definition) is 2. The quantitative estimate of drug-likeness (QED) is 0.0927. The molecule has 0 amide bonds. The summed E-state index contributed by atoms with van der Waals surface area (Å²) in [5.41, 5.74) is 7.53. The Balaban J connectivity index is 2.39. The summed E-state index contributed by atoms with van der Waals surface area (Å²) >= 11 is 0. The third-order valence-electron chi connectivity index (χ3n) is 5.54. The molecule has 2 aromatic rings. The number of nitrogens with zero attached hydrogens (tertiary/aromatic N) is 3. The van der Waals surface area contributed by atoms with Crippen molar-refractivity contribution in [1.82, 2.24) is 0 Å². The monoisotopic (exact) mass is 453 g/mol. The van der Waals surface area contributed by atoms with Crippen LogP contribution in [0.2, 0.25) is 0 Å². The summed E-state index contributed by atoms with van der Waals surface area (Å²) < 4.78 is 0. The van der Waals surface area contributed by atoms with E-state index < -0.39 is 0 Å². The molecule has 0 aliphatic carbocycles. The zero-order chi connectivity index (χ0) is 24.9. The van der Waals surface area contributed by atoms with Gasteiger partial charge in [-0.05, 0) is 56.0 Å². The van der Waals surface area contributed by atoms with Gasteiger partial charge in [0.05, 0.1) is 0 Å². The Bertz CT molecular complexity index is 1120. The van der Waals surface area contributed by atoms with Crippen molar-refractivity contribution in [3.8, 4) is 11.1 Å². The lowest BCUT2D eigenvalue weighted by atomic mass is 9.98. The fraction of sp³-hybridized carbons (Fsp3) is 0.207. The van der Waals surface area contributed by atoms with Crippen molar-refractivity contribution in [2.24, 2.45) is 16.2 Å². The molecule has 0 aliphatic heterocycles. The van der Waals surface area contributed by atoms with Crippen LogP contribution in [-0.4, -0.2) is 19.4 Å². The molecule has 3 N–H and O–H groups in total. The summed E-state index contributed by atoms with van der Waals surface area (Å²) in [7, 11) is 2.09. The molecular weight excluding hydrogens is 418 g/mol. The third kappa shape index (κ3) is 7.55. The first-order chi connectivity index (χ1) is 16.4. The molecule has 0 spiro atoms. The molecule has 0 saturated heterocycles. The van der Waals surface area contributed by atoms with Gasteiger partial charge >= 0.3 is 0 Å². The molecule has 5 nitrogen and oxygen atoms in total. The van der Waals surface area contributed by atoms with Crippen molar-refractivity contribution >= 4 is 11.5 Å². The first-order valence-corrected chi connectivity index (χ1v) is 11.3. The molecule has 0 bridgehead atoms. The van der Waals surface area contributed by atoms with Gasteiger partial charge in [0.25, 0.3) is 0 Å². The average molecular weight is 454 g/mol. The maximum atomic E-state index is 8.13. The van der Waals surface area contributed by atoms with Crippen LogP contribution in [-0.2, 0) is 0 Å². The number of nitrogens with two attached hydrogens (primary N) is 1. The Morgan fingerprint density at radius 2 is 1.85 bits per heavy atom. The van der Waals surface area contributed by atoms with E-state index >= 15 is 0 Å². The number of allylic oxidation sites excluding steroid dienone is 6. The normalized spacial score (nSPS) is 12.3. The molecular formula is C29H35N5. The molecule has 0 heterocycles. The SMILES string of the molecule is C=C/C=C\C(=C)CC/C(C)=C(/C=C\C)CN(C)c1ccc(C(=N)N=NN)cc1-c1ccccc1. The zero-order valence-corrected chi connectivity index (χ0v) is 20.5. The number of rotatable bonds is 11. The topological polar surface area (TPSA) is 77.8 Å². The molecule has 34 heavy (non-hydrogen) atoms. The summed E-state index contributed by atoms with van der Waals surface area (Å²) in [5, 5.41) is 15.1. The van der Waals surface area contributed by atoms with Crippen molar-refractivity contribution in [1.29, 1.82) is 5.41 Å². The van der Waals surface area contributed by atoms with E-state index in [4.69, 9.17) is 11.3 Å². The highest BCUT2D eigenvalue weighted by Crippen LogP contribution is 2.32. The Labute approximate surface area is 203 Å². The van der Waals surface area contributed by atoms with Crippen LogP contribution < -0.4 is 10.7 Å². The standard InChI is InChI=1S/C29H35N5/c1-6-8-13-22(3)16-17-23(4)26(12-7-2)21-34(5)28-19-18-25(29(30)32-33-31)20-27(28)24-14-10-9-11-15-24/h6-15,18-20H,1,3,16-17,21H2,2,4-5H3,(H3,30,31,32)/b12-7-,13-8-,26-23-. The van der Waals surface area contributed by atoms with Gasteiger partial charge in [-0.2, -0.15) is 0 Å². The van der Waals surface area contributed by atoms with Crippen LogP contribution in [0.1, 0.15) is 32.3 Å². The predicted octanol–water partition coefficient (Wildman–Crippen LogP) is 7.41. The number of likely N-dealkylation sites (N-methyl/N-ethyl adjacent to an activating group) is 1. The summed E-state index contributed by atoms with van der Waals surface area (Å²) in [6, 6.07) is 16.1. The highest BCUT2D eigenvalue weighted by molar-refractivity contribution is 5.99. The fourth-order valence-electron chi connectivity index (χ4n) is 3.65. The highest BCUT2D eigenvalue weighted by atomic mass is 15.3. The maximum Gasteiger partial charge on any atom is 0.176 e. The van der Waals surface area contributed by atoms with E-state index in [0.717, 1.165) is 41.8 Å². The molecule has 176 valence electrons. The molecule has 0 atom stereocenters. The van der Waals surface area contributed by atoms with Crippen molar-refractivity contribution in [3.63, 3.8) is 0 Å². The smallest absolute Gasteiger partial charge is 0.176 e. The van der Waals surface area contributed by atoms with Crippen molar-refractivity contribution < 1.29 is 0 Å². The van der Waals surface area contributed by atoms with Gasteiger partial charge in [0.15, 0.2) is 5.84 Å². The minimum atomic E-state index is 0.0324. The molecule has 2 rings (SSSR count). The second-order valence-electron chi connectivity index (χ2n) is 8.08. The number of hydrogen-bond acceptors (Lipinski definition) is 3. The molecule has 0 aromatic heterocycles.